The summed E-state index contributed by atoms with van der Waals surface area (Å²) in [5, 5.41) is 11.3. The van der Waals surface area contributed by atoms with E-state index in [4.69, 9.17) is 9.84 Å². The topological polar surface area (TPSA) is 58.6 Å². The standard InChI is InChI=1S/C13H17F2NO3/c14-12(15)7-6-11(8-17)16-13(18)19-9-10-4-2-1-3-5-10/h1-5,11-12,17H,6-9H2,(H,16,18)/t11-/m1/s1. The van der Waals surface area contributed by atoms with Gasteiger partial charge in [0.1, 0.15) is 6.61 Å². The van der Waals surface area contributed by atoms with Crippen LogP contribution in [0.2, 0.25) is 0 Å². The Bertz CT molecular complexity index is 373. The van der Waals surface area contributed by atoms with Crippen molar-refractivity contribution in [1.29, 1.82) is 0 Å². The minimum atomic E-state index is -2.45. The summed E-state index contributed by atoms with van der Waals surface area (Å²) in [6.07, 6.45) is -3.54. The van der Waals surface area contributed by atoms with Gasteiger partial charge in [-0.3, -0.25) is 0 Å². The van der Waals surface area contributed by atoms with Crippen molar-refractivity contribution in [3.05, 3.63) is 35.9 Å². The van der Waals surface area contributed by atoms with Crippen molar-refractivity contribution in [2.75, 3.05) is 6.61 Å². The molecule has 4 nitrogen and oxygen atoms in total. The molecular weight excluding hydrogens is 256 g/mol. The van der Waals surface area contributed by atoms with Crippen molar-refractivity contribution in [2.45, 2.75) is 31.9 Å². The highest BCUT2D eigenvalue weighted by Crippen LogP contribution is 2.06. The Kier molecular flexibility index (Phi) is 6.81. The molecule has 1 rings (SSSR count). The molecule has 0 saturated carbocycles. The molecule has 1 atom stereocenters. The van der Waals surface area contributed by atoms with Gasteiger partial charge in [0.25, 0.3) is 0 Å². The van der Waals surface area contributed by atoms with E-state index >= 15 is 0 Å². The van der Waals surface area contributed by atoms with E-state index < -0.39 is 25.2 Å². The lowest BCUT2D eigenvalue weighted by Crippen LogP contribution is -2.38. The van der Waals surface area contributed by atoms with Crippen molar-refractivity contribution >= 4 is 6.09 Å². The first-order chi connectivity index (χ1) is 9.11. The minimum absolute atomic E-state index is 0.00854. The Morgan fingerprint density at radius 2 is 1.95 bits per heavy atom. The molecule has 1 aromatic rings. The third kappa shape index (κ3) is 6.71. The van der Waals surface area contributed by atoms with E-state index in [1.165, 1.54) is 0 Å². The average Bonchev–Trinajstić information content (AvgIpc) is 2.42. The lowest BCUT2D eigenvalue weighted by molar-refractivity contribution is 0.110. The maximum absolute atomic E-state index is 12.0. The van der Waals surface area contributed by atoms with Gasteiger partial charge in [-0.1, -0.05) is 30.3 Å². The second-order valence-corrected chi connectivity index (χ2v) is 4.05. The van der Waals surface area contributed by atoms with Crippen LogP contribution in [0.25, 0.3) is 0 Å². The Balaban J connectivity index is 2.29. The normalized spacial score (nSPS) is 12.2. The SMILES string of the molecule is O=C(N[C@@H](CO)CCC(F)F)OCc1ccccc1. The van der Waals surface area contributed by atoms with Crippen molar-refractivity contribution in [2.24, 2.45) is 0 Å². The second kappa shape index (κ2) is 8.42. The fraction of sp³-hybridized carbons (Fsp3) is 0.462. The van der Waals surface area contributed by atoms with E-state index in [1.54, 1.807) is 12.1 Å². The largest absolute Gasteiger partial charge is 0.445 e. The van der Waals surface area contributed by atoms with Crippen LogP contribution in [0.3, 0.4) is 0 Å². The first-order valence-electron chi connectivity index (χ1n) is 5.98. The van der Waals surface area contributed by atoms with Crippen LogP contribution >= 0.6 is 0 Å². The third-order valence-electron chi connectivity index (χ3n) is 2.49. The molecule has 0 aliphatic carbocycles. The molecule has 0 aliphatic heterocycles. The first kappa shape index (κ1) is 15.4. The summed E-state index contributed by atoms with van der Waals surface area (Å²) in [5.74, 6) is 0. The van der Waals surface area contributed by atoms with Gasteiger partial charge in [-0.15, -0.1) is 0 Å². The fourth-order valence-electron chi connectivity index (χ4n) is 1.47. The lowest BCUT2D eigenvalue weighted by atomic mass is 10.2. The van der Waals surface area contributed by atoms with Crippen LogP contribution in [-0.2, 0) is 11.3 Å². The number of aliphatic hydroxyl groups excluding tert-OH is 1. The van der Waals surface area contributed by atoms with Gasteiger partial charge >= 0.3 is 6.09 Å². The van der Waals surface area contributed by atoms with Crippen LogP contribution in [0.1, 0.15) is 18.4 Å². The van der Waals surface area contributed by atoms with Crippen molar-refractivity contribution < 1.29 is 23.4 Å². The Morgan fingerprint density at radius 3 is 2.53 bits per heavy atom. The summed E-state index contributed by atoms with van der Waals surface area (Å²) in [6.45, 7) is -0.299. The minimum Gasteiger partial charge on any atom is -0.445 e. The Morgan fingerprint density at radius 1 is 1.26 bits per heavy atom. The van der Waals surface area contributed by atoms with Crippen LogP contribution in [0.5, 0.6) is 0 Å². The number of rotatable bonds is 7. The zero-order valence-corrected chi connectivity index (χ0v) is 10.4. The molecule has 2 N–H and O–H groups in total. The lowest BCUT2D eigenvalue weighted by Gasteiger charge is -2.15. The van der Waals surface area contributed by atoms with Gasteiger partial charge in [-0.05, 0) is 12.0 Å². The van der Waals surface area contributed by atoms with Gasteiger partial charge < -0.3 is 15.2 Å². The zero-order valence-electron chi connectivity index (χ0n) is 10.4. The highest BCUT2D eigenvalue weighted by atomic mass is 19.3. The van der Waals surface area contributed by atoms with Crippen LogP contribution < -0.4 is 5.32 Å². The number of hydrogen-bond donors (Lipinski definition) is 2. The smallest absolute Gasteiger partial charge is 0.407 e. The van der Waals surface area contributed by atoms with Gasteiger partial charge in [0, 0.05) is 6.42 Å². The van der Waals surface area contributed by atoms with E-state index in [1.807, 2.05) is 18.2 Å². The molecule has 0 unspecified atom stereocenters. The number of benzene rings is 1. The number of ether oxygens (including phenoxy) is 1. The second-order valence-electron chi connectivity index (χ2n) is 4.05. The van der Waals surface area contributed by atoms with E-state index in [0.29, 0.717) is 0 Å². The van der Waals surface area contributed by atoms with Crippen molar-refractivity contribution in [1.82, 2.24) is 5.32 Å². The van der Waals surface area contributed by atoms with Crippen LogP contribution in [0, 0.1) is 0 Å². The molecule has 19 heavy (non-hydrogen) atoms. The Labute approximate surface area is 110 Å². The number of nitrogens with one attached hydrogen (secondary N) is 1. The zero-order chi connectivity index (χ0) is 14.1. The number of alkyl halides is 2. The fourth-order valence-corrected chi connectivity index (χ4v) is 1.47. The number of aliphatic hydroxyl groups is 1. The number of carbonyl (C=O) groups is 1. The summed E-state index contributed by atoms with van der Waals surface area (Å²) in [6, 6.07) is 8.36. The Hall–Kier alpha value is -1.69. The van der Waals surface area contributed by atoms with Crippen molar-refractivity contribution in [3.63, 3.8) is 0 Å². The molecule has 0 heterocycles. The third-order valence-corrected chi connectivity index (χ3v) is 2.49. The summed E-state index contributed by atoms with van der Waals surface area (Å²) < 4.78 is 28.9. The summed E-state index contributed by atoms with van der Waals surface area (Å²) in [5.41, 5.74) is 0.825. The summed E-state index contributed by atoms with van der Waals surface area (Å²) in [4.78, 5) is 11.4. The molecular formula is C13H17F2NO3. The quantitative estimate of drug-likeness (QED) is 0.801. The van der Waals surface area contributed by atoms with Crippen LogP contribution in [-0.4, -0.2) is 30.3 Å². The maximum atomic E-state index is 12.0. The highest BCUT2D eigenvalue weighted by molar-refractivity contribution is 5.67. The van der Waals surface area contributed by atoms with Gasteiger partial charge in [0.05, 0.1) is 12.6 Å². The molecule has 1 aromatic carbocycles. The monoisotopic (exact) mass is 273 g/mol. The summed E-state index contributed by atoms with van der Waals surface area (Å²) >= 11 is 0. The first-order valence-corrected chi connectivity index (χ1v) is 5.98. The van der Waals surface area contributed by atoms with Crippen LogP contribution in [0.15, 0.2) is 30.3 Å². The molecule has 0 aromatic heterocycles. The molecule has 106 valence electrons. The molecule has 0 saturated heterocycles. The number of amides is 1. The van der Waals surface area contributed by atoms with Gasteiger partial charge in [0.15, 0.2) is 0 Å². The molecule has 0 aliphatic rings. The predicted octanol–water partition coefficient (Wildman–Crippen LogP) is 2.32. The van der Waals surface area contributed by atoms with Gasteiger partial charge in [-0.2, -0.15) is 0 Å². The van der Waals surface area contributed by atoms with Crippen LogP contribution in [0.4, 0.5) is 13.6 Å². The molecule has 0 radical (unpaired) electrons. The average molecular weight is 273 g/mol. The number of alkyl carbamates (subject to hydrolysis) is 1. The number of hydrogen-bond acceptors (Lipinski definition) is 3. The molecule has 0 fully saturated rings. The number of halogens is 2. The summed E-state index contributed by atoms with van der Waals surface area (Å²) in [7, 11) is 0. The van der Waals surface area contributed by atoms with E-state index in [0.717, 1.165) is 5.56 Å². The molecule has 1 amide bonds. The highest BCUT2D eigenvalue weighted by Gasteiger charge is 2.14. The van der Waals surface area contributed by atoms with Gasteiger partial charge in [0.2, 0.25) is 6.43 Å². The maximum Gasteiger partial charge on any atom is 0.407 e. The predicted molar refractivity (Wildman–Crippen MR) is 65.9 cm³/mol. The number of carbonyl (C=O) groups excluding carboxylic acids is 1. The molecule has 6 heteroatoms. The van der Waals surface area contributed by atoms with Crippen molar-refractivity contribution in [3.8, 4) is 0 Å². The molecule has 0 bridgehead atoms. The van der Waals surface area contributed by atoms with E-state index in [-0.39, 0.29) is 19.4 Å². The molecule has 0 spiro atoms. The van der Waals surface area contributed by atoms with Gasteiger partial charge in [-0.25, -0.2) is 13.6 Å². The van der Waals surface area contributed by atoms with E-state index in [2.05, 4.69) is 5.32 Å². The van der Waals surface area contributed by atoms with E-state index in [9.17, 15) is 13.6 Å².